The Morgan fingerprint density at radius 1 is 1.00 bits per heavy atom. The van der Waals surface area contributed by atoms with E-state index in [0.29, 0.717) is 11.2 Å². The van der Waals surface area contributed by atoms with Crippen LogP contribution in [-0.2, 0) is 0 Å². The molecule has 1 nitrogen and oxygen atoms in total. The van der Waals surface area contributed by atoms with Crippen LogP contribution in [0, 0.1) is 16.7 Å². The van der Waals surface area contributed by atoms with Crippen molar-refractivity contribution in [1.29, 1.82) is 0 Å². The van der Waals surface area contributed by atoms with Gasteiger partial charge >= 0.3 is 0 Å². The summed E-state index contributed by atoms with van der Waals surface area (Å²) in [6, 6.07) is 0. The fourth-order valence-electron chi connectivity index (χ4n) is 4.50. The van der Waals surface area contributed by atoms with Crippen LogP contribution in [0.15, 0.2) is 34.6 Å². The number of hydrogen-bond acceptors (Lipinski definition) is 2. The summed E-state index contributed by atoms with van der Waals surface area (Å²) in [4.78, 5) is 0. The molecule has 2 N–H and O–H groups in total. The van der Waals surface area contributed by atoms with Crippen molar-refractivity contribution < 1.29 is 0 Å². The molecule has 180 valence electrons. The van der Waals surface area contributed by atoms with E-state index in [1.807, 2.05) is 0 Å². The highest BCUT2D eigenvalue weighted by Gasteiger charge is 2.32. The van der Waals surface area contributed by atoms with Crippen LogP contribution in [0.4, 0.5) is 0 Å². The van der Waals surface area contributed by atoms with Crippen molar-refractivity contribution in [2.75, 3.05) is 0 Å². The molecule has 0 aromatic heterocycles. The highest BCUT2D eigenvalue weighted by atomic mass is 32.2. The molecule has 1 saturated carbocycles. The Morgan fingerprint density at radius 3 is 1.97 bits per heavy atom. The SMILES string of the molecule is C\C=C(/C(N)=C(\C=C(/C)C(C)(C)C)C(C)(C)C(C)CC)C(C)SC1CCCCCCC1. The van der Waals surface area contributed by atoms with Crippen molar-refractivity contribution in [2.24, 2.45) is 22.5 Å². The highest BCUT2D eigenvalue weighted by molar-refractivity contribution is 8.00. The van der Waals surface area contributed by atoms with Gasteiger partial charge in [0.05, 0.1) is 0 Å². The molecule has 1 fully saturated rings. The van der Waals surface area contributed by atoms with Crippen LogP contribution in [0.2, 0.25) is 0 Å². The number of nitrogens with two attached hydrogens (primary N) is 1. The lowest BCUT2D eigenvalue weighted by Gasteiger charge is -2.36. The van der Waals surface area contributed by atoms with Crippen molar-refractivity contribution in [2.45, 2.75) is 131 Å². The van der Waals surface area contributed by atoms with E-state index in [2.05, 4.69) is 93.2 Å². The van der Waals surface area contributed by atoms with E-state index in [1.54, 1.807) is 0 Å². The van der Waals surface area contributed by atoms with E-state index in [9.17, 15) is 0 Å². The first kappa shape index (κ1) is 28.4. The van der Waals surface area contributed by atoms with Gasteiger partial charge < -0.3 is 5.73 Å². The zero-order chi connectivity index (χ0) is 23.8. The van der Waals surface area contributed by atoms with Crippen molar-refractivity contribution in [3.63, 3.8) is 0 Å². The summed E-state index contributed by atoms with van der Waals surface area (Å²) in [6.07, 6.45) is 15.6. The zero-order valence-corrected chi connectivity index (χ0v) is 23.3. The molecule has 0 radical (unpaired) electrons. The lowest BCUT2D eigenvalue weighted by molar-refractivity contribution is 0.282. The van der Waals surface area contributed by atoms with Gasteiger partial charge in [-0.1, -0.05) is 105 Å². The lowest BCUT2D eigenvalue weighted by Crippen LogP contribution is -2.28. The largest absolute Gasteiger partial charge is 0.398 e. The fraction of sp³-hybridized carbons (Fsp3) is 0.793. The summed E-state index contributed by atoms with van der Waals surface area (Å²) in [5.41, 5.74) is 12.3. The molecular weight excluding hydrogens is 394 g/mol. The summed E-state index contributed by atoms with van der Waals surface area (Å²) in [7, 11) is 0. The molecule has 0 aromatic carbocycles. The first-order chi connectivity index (χ1) is 14.4. The van der Waals surface area contributed by atoms with Crippen molar-refractivity contribution in [3.8, 4) is 0 Å². The van der Waals surface area contributed by atoms with Gasteiger partial charge in [0.2, 0.25) is 0 Å². The van der Waals surface area contributed by atoms with Gasteiger partial charge in [0, 0.05) is 16.2 Å². The minimum Gasteiger partial charge on any atom is -0.398 e. The minimum atomic E-state index is 0.0320. The molecule has 2 atom stereocenters. The average Bonchev–Trinajstić information content (AvgIpc) is 2.66. The van der Waals surface area contributed by atoms with Crippen LogP contribution in [0.1, 0.15) is 121 Å². The van der Waals surface area contributed by atoms with E-state index in [1.165, 1.54) is 61.7 Å². The summed E-state index contributed by atoms with van der Waals surface area (Å²) in [6.45, 7) is 23.1. The molecule has 0 aliphatic heterocycles. The molecule has 1 aliphatic carbocycles. The van der Waals surface area contributed by atoms with E-state index in [4.69, 9.17) is 5.73 Å². The standard InChI is InChI=1S/C29H53NS/c1-11-21(3)29(9,10)26(20-22(4)28(6,7)8)27(30)25(12-2)23(5)31-24-18-16-14-13-15-17-19-24/h12,20-21,23-24H,11,13-19,30H2,1-10H3/b22-20+,25-12-,27-26-. The summed E-state index contributed by atoms with van der Waals surface area (Å²) >= 11 is 2.17. The second kappa shape index (κ2) is 12.6. The monoisotopic (exact) mass is 447 g/mol. The zero-order valence-electron chi connectivity index (χ0n) is 22.5. The van der Waals surface area contributed by atoms with Crippen molar-refractivity contribution >= 4 is 11.8 Å². The maximum absolute atomic E-state index is 7.06. The van der Waals surface area contributed by atoms with Crippen LogP contribution in [0.3, 0.4) is 0 Å². The number of thioether (sulfide) groups is 1. The van der Waals surface area contributed by atoms with Gasteiger partial charge in [-0.15, -0.1) is 0 Å². The van der Waals surface area contributed by atoms with Crippen molar-refractivity contribution in [3.05, 3.63) is 34.6 Å². The normalized spacial score (nSPS) is 21.2. The number of hydrogen-bond donors (Lipinski definition) is 1. The molecule has 2 heteroatoms. The Hall–Kier alpha value is -0.630. The third kappa shape index (κ3) is 8.34. The minimum absolute atomic E-state index is 0.0320. The third-order valence-electron chi connectivity index (χ3n) is 7.88. The van der Waals surface area contributed by atoms with Crippen LogP contribution in [0.5, 0.6) is 0 Å². The average molecular weight is 448 g/mol. The first-order valence-electron chi connectivity index (χ1n) is 12.9. The summed E-state index contributed by atoms with van der Waals surface area (Å²) < 4.78 is 0. The number of rotatable bonds is 8. The molecule has 0 amide bonds. The molecule has 1 rings (SSSR count). The van der Waals surface area contributed by atoms with Crippen LogP contribution in [0.25, 0.3) is 0 Å². The predicted octanol–water partition coefficient (Wildman–Crippen LogP) is 9.44. The van der Waals surface area contributed by atoms with Crippen LogP contribution >= 0.6 is 11.8 Å². The molecule has 2 unspecified atom stereocenters. The maximum Gasteiger partial charge on any atom is 0.0392 e. The van der Waals surface area contributed by atoms with Gasteiger partial charge in [-0.3, -0.25) is 0 Å². The molecule has 0 aromatic rings. The molecule has 0 bridgehead atoms. The molecule has 0 heterocycles. The van der Waals surface area contributed by atoms with E-state index in [0.717, 1.165) is 17.4 Å². The second-order valence-corrected chi connectivity index (χ2v) is 13.1. The quantitative estimate of drug-likeness (QED) is 0.375. The van der Waals surface area contributed by atoms with E-state index >= 15 is 0 Å². The van der Waals surface area contributed by atoms with E-state index in [-0.39, 0.29) is 10.8 Å². The summed E-state index contributed by atoms with van der Waals surface area (Å²) in [5, 5.41) is 1.21. The first-order valence-corrected chi connectivity index (χ1v) is 13.8. The van der Waals surface area contributed by atoms with Crippen molar-refractivity contribution in [1.82, 2.24) is 0 Å². The Morgan fingerprint density at radius 2 is 1.52 bits per heavy atom. The Labute approximate surface area is 199 Å². The second-order valence-electron chi connectivity index (χ2n) is 11.4. The van der Waals surface area contributed by atoms with Gasteiger partial charge in [0.25, 0.3) is 0 Å². The predicted molar refractivity (Wildman–Crippen MR) is 145 cm³/mol. The Bertz CT molecular complexity index is 636. The fourth-order valence-corrected chi connectivity index (χ4v) is 6.09. The van der Waals surface area contributed by atoms with Crippen LogP contribution < -0.4 is 5.73 Å². The highest BCUT2D eigenvalue weighted by Crippen LogP contribution is 2.43. The molecule has 1 aliphatic rings. The topological polar surface area (TPSA) is 26.0 Å². The van der Waals surface area contributed by atoms with Gasteiger partial charge in [0.1, 0.15) is 0 Å². The molecule has 31 heavy (non-hydrogen) atoms. The smallest absolute Gasteiger partial charge is 0.0392 e. The van der Waals surface area contributed by atoms with E-state index < -0.39 is 0 Å². The maximum atomic E-state index is 7.06. The molecular formula is C29H53NS. The van der Waals surface area contributed by atoms with Gasteiger partial charge in [0.15, 0.2) is 0 Å². The van der Waals surface area contributed by atoms with Gasteiger partial charge in [-0.2, -0.15) is 11.8 Å². The van der Waals surface area contributed by atoms with Gasteiger partial charge in [-0.05, 0) is 61.5 Å². The summed E-state index contributed by atoms with van der Waals surface area (Å²) in [5.74, 6) is 0.566. The number of allylic oxidation sites excluding steroid dienone is 5. The Kier molecular flexibility index (Phi) is 11.5. The lowest BCUT2D eigenvalue weighted by atomic mass is 9.70. The van der Waals surface area contributed by atoms with Gasteiger partial charge in [-0.25, -0.2) is 0 Å². The Balaban J connectivity index is 3.35. The van der Waals surface area contributed by atoms with Crippen LogP contribution in [-0.4, -0.2) is 10.5 Å². The molecule has 0 spiro atoms. The third-order valence-corrected chi connectivity index (χ3v) is 9.40. The molecule has 0 saturated heterocycles.